The first kappa shape index (κ1) is 24.4. The number of benzene rings is 2. The van der Waals surface area contributed by atoms with Gasteiger partial charge in [-0.25, -0.2) is 21.6 Å². The predicted molar refractivity (Wildman–Crippen MR) is 111 cm³/mol. The van der Waals surface area contributed by atoms with Crippen LogP contribution in [0.2, 0.25) is 0 Å². The van der Waals surface area contributed by atoms with Crippen LogP contribution in [0.15, 0.2) is 65.7 Å². The molecule has 0 bridgehead atoms. The van der Waals surface area contributed by atoms with E-state index in [9.17, 15) is 26.4 Å². The molecule has 174 valence electrons. The third-order valence-corrected chi connectivity index (χ3v) is 6.66. The lowest BCUT2D eigenvalue weighted by Crippen LogP contribution is -2.27. The minimum Gasteiger partial charge on any atom is -0.394 e. The van der Waals surface area contributed by atoms with E-state index in [1.807, 2.05) is 0 Å². The Balaban J connectivity index is 2.01. The number of hydrogen-bond donors (Lipinski definition) is 2. The van der Waals surface area contributed by atoms with Crippen molar-refractivity contribution in [2.45, 2.75) is 10.1 Å². The number of carbonyl (C=O) groups excluding carboxylic acids is 1. The monoisotopic (exact) mass is 480 g/mol. The van der Waals surface area contributed by atoms with Crippen molar-refractivity contribution >= 4 is 15.7 Å². The topological polar surface area (TPSA) is 106 Å². The third kappa shape index (κ3) is 5.75. The van der Waals surface area contributed by atoms with Gasteiger partial charge in [0, 0.05) is 11.8 Å². The molecule has 3 aromatic rings. The van der Waals surface area contributed by atoms with Crippen molar-refractivity contribution in [1.82, 2.24) is 10.3 Å². The first-order valence-corrected chi connectivity index (χ1v) is 11.2. The van der Waals surface area contributed by atoms with E-state index in [-0.39, 0.29) is 36.1 Å². The Hall–Kier alpha value is -3.28. The van der Waals surface area contributed by atoms with Crippen molar-refractivity contribution in [3.05, 3.63) is 95.1 Å². The fourth-order valence-corrected chi connectivity index (χ4v) is 4.84. The lowest BCUT2D eigenvalue weighted by Gasteiger charge is -2.19. The predicted octanol–water partition coefficient (Wildman–Crippen LogP) is 2.76. The van der Waals surface area contributed by atoms with Crippen LogP contribution in [0.4, 0.5) is 13.2 Å². The van der Waals surface area contributed by atoms with Crippen LogP contribution < -0.4 is 5.32 Å². The number of rotatable bonds is 9. The normalized spacial score (nSPS) is 12.4. The number of halogens is 3. The summed E-state index contributed by atoms with van der Waals surface area (Å²) in [5, 5.41) is 9.34. The second-order valence-electron chi connectivity index (χ2n) is 6.80. The highest BCUT2D eigenvalue weighted by molar-refractivity contribution is 7.91. The Morgan fingerprint density at radius 2 is 1.73 bits per heavy atom. The number of hydrogen-bond acceptors (Lipinski definition) is 6. The van der Waals surface area contributed by atoms with Crippen LogP contribution in [-0.4, -0.2) is 44.4 Å². The van der Waals surface area contributed by atoms with Crippen molar-refractivity contribution in [3.8, 4) is 0 Å². The number of aromatic nitrogens is 1. The maximum atomic E-state index is 14.6. The molecule has 1 aromatic heterocycles. The third-order valence-electron chi connectivity index (χ3n) is 4.59. The van der Waals surface area contributed by atoms with E-state index in [0.29, 0.717) is 0 Å². The molecule has 0 saturated heterocycles. The Morgan fingerprint density at radius 1 is 1.03 bits per heavy atom. The van der Waals surface area contributed by atoms with E-state index >= 15 is 0 Å². The molecular weight excluding hydrogens is 461 g/mol. The van der Waals surface area contributed by atoms with Crippen LogP contribution >= 0.6 is 0 Å². The Morgan fingerprint density at radius 3 is 2.36 bits per heavy atom. The summed E-state index contributed by atoms with van der Waals surface area (Å²) in [4.78, 5) is 15.8. The number of nitrogens with one attached hydrogen (secondary N) is 1. The van der Waals surface area contributed by atoms with Gasteiger partial charge >= 0.3 is 0 Å². The highest BCUT2D eigenvalue weighted by atomic mass is 32.2. The highest BCUT2D eigenvalue weighted by Crippen LogP contribution is 2.36. The average Bonchev–Trinajstić information content (AvgIpc) is 2.79. The summed E-state index contributed by atoms with van der Waals surface area (Å²) in [5.41, 5.74) is -0.573. The lowest BCUT2D eigenvalue weighted by molar-refractivity contribution is 0.0660. The van der Waals surface area contributed by atoms with Gasteiger partial charge in [-0.1, -0.05) is 6.07 Å². The molecule has 0 radical (unpaired) electrons. The molecule has 11 heteroatoms. The molecule has 3 rings (SSSR count). The van der Waals surface area contributed by atoms with Crippen LogP contribution in [0.5, 0.6) is 0 Å². The molecule has 7 nitrogen and oxygen atoms in total. The lowest BCUT2D eigenvalue weighted by atomic mass is 10.0. The first-order valence-electron chi connectivity index (χ1n) is 9.61. The minimum atomic E-state index is -4.37. The van der Waals surface area contributed by atoms with Gasteiger partial charge < -0.3 is 15.2 Å². The van der Waals surface area contributed by atoms with Gasteiger partial charge in [0.2, 0.25) is 0 Å². The van der Waals surface area contributed by atoms with Crippen LogP contribution in [0, 0.1) is 17.5 Å². The Kier molecular flexibility index (Phi) is 7.79. The van der Waals surface area contributed by atoms with Crippen molar-refractivity contribution < 1.29 is 36.2 Å². The fraction of sp³-hybridized carbons (Fsp3) is 0.182. The molecule has 1 atom stereocenters. The maximum absolute atomic E-state index is 14.6. The number of sulfone groups is 1. The van der Waals surface area contributed by atoms with E-state index < -0.39 is 44.0 Å². The van der Waals surface area contributed by atoms with Gasteiger partial charge in [-0.3, -0.25) is 9.78 Å². The van der Waals surface area contributed by atoms with Crippen LogP contribution in [0.1, 0.15) is 26.9 Å². The van der Waals surface area contributed by atoms with Crippen molar-refractivity contribution in [1.29, 1.82) is 0 Å². The summed E-state index contributed by atoms with van der Waals surface area (Å²) < 4.78 is 73.5. The summed E-state index contributed by atoms with van der Waals surface area (Å²) in [6.45, 7) is -0.378. The first-order chi connectivity index (χ1) is 15.7. The molecule has 0 aliphatic heterocycles. The van der Waals surface area contributed by atoms with Gasteiger partial charge in [-0.05, 0) is 54.1 Å². The number of amides is 1. The number of aliphatic hydroxyl groups excluding tert-OH is 1. The Bertz CT molecular complexity index is 1220. The van der Waals surface area contributed by atoms with Crippen molar-refractivity contribution in [2.24, 2.45) is 0 Å². The van der Waals surface area contributed by atoms with Crippen molar-refractivity contribution in [2.75, 3.05) is 19.9 Å². The summed E-state index contributed by atoms with van der Waals surface area (Å²) in [6, 6.07) is 8.83. The van der Waals surface area contributed by atoms with Crippen molar-refractivity contribution in [3.63, 3.8) is 0 Å². The summed E-state index contributed by atoms with van der Waals surface area (Å²) in [5.74, 6) is -3.11. The van der Waals surface area contributed by atoms with Crippen LogP contribution in [-0.2, 0) is 14.6 Å². The number of ether oxygens (including phenoxy) is 1. The zero-order valence-electron chi connectivity index (χ0n) is 17.0. The van der Waals surface area contributed by atoms with E-state index in [0.717, 1.165) is 48.7 Å². The van der Waals surface area contributed by atoms with Gasteiger partial charge in [-0.15, -0.1) is 0 Å². The second-order valence-corrected chi connectivity index (χ2v) is 8.84. The molecule has 33 heavy (non-hydrogen) atoms. The highest BCUT2D eigenvalue weighted by Gasteiger charge is 2.33. The largest absolute Gasteiger partial charge is 0.394 e. The molecule has 0 fully saturated rings. The number of nitrogens with zero attached hydrogens (tertiary/aromatic N) is 1. The Labute approximate surface area is 187 Å². The number of carbonyl (C=O) groups is 1. The molecule has 2 aromatic carbocycles. The van der Waals surface area contributed by atoms with E-state index in [4.69, 9.17) is 9.84 Å². The smallest absolute Gasteiger partial charge is 0.271 e. The molecular formula is C22H19F3N2O5S. The molecule has 2 N–H and O–H groups in total. The quantitative estimate of drug-likeness (QED) is 0.277. The van der Waals surface area contributed by atoms with Gasteiger partial charge in [0.25, 0.3) is 5.91 Å². The van der Waals surface area contributed by atoms with E-state index in [2.05, 4.69) is 10.3 Å². The van der Waals surface area contributed by atoms with Gasteiger partial charge in [0.05, 0.1) is 18.1 Å². The number of aliphatic hydroxyl groups is 1. The minimum absolute atomic E-state index is 0.0226. The molecule has 0 spiro atoms. The molecule has 1 heterocycles. The van der Waals surface area contributed by atoms with E-state index in [1.165, 1.54) is 12.1 Å². The standard InChI is InChI=1S/C22H19F3N2O5S/c23-15-2-5-17(6-3-15)33(30,31)21(18-11-16(24)4-7-19(18)25)14-1-8-20(26-12-14)22(29)27-13-32-10-9-28/h1-8,11-12,21,28H,9-10,13H2,(H,27,29). The van der Waals surface area contributed by atoms with Gasteiger partial charge in [0.15, 0.2) is 9.84 Å². The summed E-state index contributed by atoms with van der Waals surface area (Å²) in [6.07, 6.45) is 1.07. The van der Waals surface area contributed by atoms with Gasteiger partial charge in [-0.2, -0.15) is 0 Å². The zero-order valence-corrected chi connectivity index (χ0v) is 17.9. The SMILES string of the molecule is O=C(NCOCCO)c1ccc(C(c2cc(F)ccc2F)S(=O)(=O)c2ccc(F)cc2)cn1. The number of pyridine rings is 1. The maximum Gasteiger partial charge on any atom is 0.271 e. The summed E-state index contributed by atoms with van der Waals surface area (Å²) >= 11 is 0. The molecule has 0 saturated carbocycles. The summed E-state index contributed by atoms with van der Waals surface area (Å²) in [7, 11) is -4.37. The van der Waals surface area contributed by atoms with Crippen LogP contribution in [0.3, 0.4) is 0 Å². The second kappa shape index (κ2) is 10.6. The molecule has 1 unspecified atom stereocenters. The van der Waals surface area contributed by atoms with Gasteiger partial charge in [0.1, 0.15) is 35.1 Å². The average molecular weight is 480 g/mol. The fourth-order valence-electron chi connectivity index (χ4n) is 3.04. The molecule has 1 amide bonds. The zero-order chi connectivity index (χ0) is 24.0. The van der Waals surface area contributed by atoms with E-state index in [1.54, 1.807) is 0 Å². The molecule has 0 aliphatic carbocycles. The molecule has 0 aliphatic rings. The van der Waals surface area contributed by atoms with Crippen LogP contribution in [0.25, 0.3) is 0 Å².